The summed E-state index contributed by atoms with van der Waals surface area (Å²) in [7, 11) is -3.47. The minimum absolute atomic E-state index is 0.0818. The van der Waals surface area contributed by atoms with Gasteiger partial charge in [-0.3, -0.25) is 9.10 Å². The van der Waals surface area contributed by atoms with E-state index >= 15 is 0 Å². The molecule has 2 aromatic carbocycles. The molecule has 0 spiro atoms. The van der Waals surface area contributed by atoms with Crippen molar-refractivity contribution in [3.05, 3.63) is 59.2 Å². The van der Waals surface area contributed by atoms with E-state index in [2.05, 4.69) is 5.32 Å². The fourth-order valence-electron chi connectivity index (χ4n) is 2.80. The molecular formula is C20H26N2O3S. The third-order valence-electron chi connectivity index (χ3n) is 4.27. The summed E-state index contributed by atoms with van der Waals surface area (Å²) in [6.45, 7) is 6.02. The van der Waals surface area contributed by atoms with E-state index in [-0.39, 0.29) is 18.9 Å². The van der Waals surface area contributed by atoms with Gasteiger partial charge in [0.15, 0.2) is 0 Å². The molecule has 0 aliphatic carbocycles. The molecular weight excluding hydrogens is 348 g/mol. The Bertz CT molecular complexity index is 874. The third-order valence-corrected chi connectivity index (χ3v) is 5.46. The van der Waals surface area contributed by atoms with Crippen LogP contribution in [0.4, 0.5) is 11.4 Å². The number of para-hydroxylation sites is 1. The molecule has 0 saturated carbocycles. The number of carbonyl (C=O) groups excluding carboxylic acids is 1. The lowest BCUT2D eigenvalue weighted by Crippen LogP contribution is -2.33. The van der Waals surface area contributed by atoms with Crippen LogP contribution in [0.2, 0.25) is 0 Å². The average molecular weight is 375 g/mol. The lowest BCUT2D eigenvalue weighted by atomic mass is 10.1. The van der Waals surface area contributed by atoms with Gasteiger partial charge in [0.1, 0.15) is 0 Å². The molecule has 0 fully saturated rings. The van der Waals surface area contributed by atoms with Crippen molar-refractivity contribution >= 4 is 27.3 Å². The number of sulfonamides is 1. The SMILES string of the molecule is CCc1cccc(C)c1NC(=O)CCN(c1ccc(C)cc1)S(C)(=O)=O. The van der Waals surface area contributed by atoms with Crippen LogP contribution in [0.25, 0.3) is 0 Å². The summed E-state index contributed by atoms with van der Waals surface area (Å²) >= 11 is 0. The maximum atomic E-state index is 12.4. The molecule has 0 unspecified atom stereocenters. The number of aryl methyl sites for hydroxylation is 3. The molecule has 1 amide bonds. The molecule has 2 rings (SSSR count). The zero-order chi connectivity index (χ0) is 19.3. The van der Waals surface area contributed by atoms with Crippen LogP contribution in [0.5, 0.6) is 0 Å². The molecule has 1 N–H and O–H groups in total. The van der Waals surface area contributed by atoms with E-state index in [1.807, 2.05) is 51.1 Å². The summed E-state index contributed by atoms with van der Waals surface area (Å²) in [6.07, 6.45) is 2.05. The summed E-state index contributed by atoms with van der Waals surface area (Å²) < 4.78 is 25.5. The summed E-state index contributed by atoms with van der Waals surface area (Å²) in [5.74, 6) is -0.199. The van der Waals surface area contributed by atoms with Crippen molar-refractivity contribution in [2.75, 3.05) is 22.4 Å². The van der Waals surface area contributed by atoms with Crippen LogP contribution in [0.15, 0.2) is 42.5 Å². The van der Waals surface area contributed by atoms with Crippen molar-refractivity contribution < 1.29 is 13.2 Å². The van der Waals surface area contributed by atoms with E-state index in [9.17, 15) is 13.2 Å². The number of carbonyl (C=O) groups is 1. The van der Waals surface area contributed by atoms with E-state index in [1.54, 1.807) is 12.1 Å². The topological polar surface area (TPSA) is 66.5 Å². The fourth-order valence-corrected chi connectivity index (χ4v) is 3.73. The first-order valence-corrected chi connectivity index (χ1v) is 10.5. The number of hydrogen-bond acceptors (Lipinski definition) is 3. The molecule has 0 atom stereocenters. The van der Waals surface area contributed by atoms with E-state index in [0.29, 0.717) is 5.69 Å². The lowest BCUT2D eigenvalue weighted by molar-refractivity contribution is -0.116. The van der Waals surface area contributed by atoms with Gasteiger partial charge in [-0.15, -0.1) is 0 Å². The van der Waals surface area contributed by atoms with Gasteiger partial charge in [0.2, 0.25) is 15.9 Å². The third kappa shape index (κ3) is 5.08. The van der Waals surface area contributed by atoms with Gasteiger partial charge in [0, 0.05) is 18.7 Å². The Morgan fingerprint density at radius 1 is 1.08 bits per heavy atom. The summed E-state index contributed by atoms with van der Waals surface area (Å²) in [5, 5.41) is 2.94. The molecule has 0 radical (unpaired) electrons. The lowest BCUT2D eigenvalue weighted by Gasteiger charge is -2.22. The first-order chi connectivity index (χ1) is 12.2. The first kappa shape index (κ1) is 20.0. The maximum absolute atomic E-state index is 12.4. The number of nitrogens with zero attached hydrogens (tertiary/aromatic N) is 1. The number of hydrogen-bond donors (Lipinski definition) is 1. The van der Waals surface area contributed by atoms with Crippen molar-refractivity contribution in [1.82, 2.24) is 0 Å². The van der Waals surface area contributed by atoms with Gasteiger partial charge in [-0.2, -0.15) is 0 Å². The number of rotatable bonds is 7. The minimum Gasteiger partial charge on any atom is -0.326 e. The Labute approximate surface area is 156 Å². The molecule has 0 bridgehead atoms. The van der Waals surface area contributed by atoms with Crippen LogP contribution < -0.4 is 9.62 Å². The molecule has 6 heteroatoms. The Morgan fingerprint density at radius 3 is 2.31 bits per heavy atom. The summed E-state index contributed by atoms with van der Waals surface area (Å²) in [5.41, 5.74) is 4.50. The second-order valence-electron chi connectivity index (χ2n) is 6.43. The first-order valence-electron chi connectivity index (χ1n) is 8.65. The molecule has 140 valence electrons. The molecule has 0 aliphatic heterocycles. The highest BCUT2D eigenvalue weighted by atomic mass is 32.2. The number of amides is 1. The monoisotopic (exact) mass is 374 g/mol. The Morgan fingerprint density at radius 2 is 1.73 bits per heavy atom. The Hall–Kier alpha value is -2.34. The van der Waals surface area contributed by atoms with Crippen molar-refractivity contribution in [2.45, 2.75) is 33.6 Å². The predicted octanol–water partition coefficient (Wildman–Crippen LogP) is 3.66. The van der Waals surface area contributed by atoms with Gasteiger partial charge in [-0.25, -0.2) is 8.42 Å². The highest BCUT2D eigenvalue weighted by Crippen LogP contribution is 2.22. The molecule has 26 heavy (non-hydrogen) atoms. The van der Waals surface area contributed by atoms with Crippen LogP contribution in [-0.2, 0) is 21.2 Å². The molecule has 0 aromatic heterocycles. The average Bonchev–Trinajstić information content (AvgIpc) is 2.57. The van der Waals surface area contributed by atoms with Crippen molar-refractivity contribution in [3.8, 4) is 0 Å². The van der Waals surface area contributed by atoms with Gasteiger partial charge in [0.05, 0.1) is 11.9 Å². The van der Waals surface area contributed by atoms with Crippen LogP contribution in [0, 0.1) is 13.8 Å². The van der Waals surface area contributed by atoms with Crippen LogP contribution in [0.1, 0.15) is 30.0 Å². The number of nitrogens with one attached hydrogen (secondary N) is 1. The van der Waals surface area contributed by atoms with Gasteiger partial charge in [-0.1, -0.05) is 42.8 Å². The maximum Gasteiger partial charge on any atom is 0.232 e. The largest absolute Gasteiger partial charge is 0.326 e. The van der Waals surface area contributed by atoms with Crippen molar-refractivity contribution in [3.63, 3.8) is 0 Å². The zero-order valence-corrected chi connectivity index (χ0v) is 16.6. The number of anilines is 2. The van der Waals surface area contributed by atoms with Crippen LogP contribution in [-0.4, -0.2) is 27.1 Å². The second kappa shape index (κ2) is 8.36. The van der Waals surface area contributed by atoms with Crippen LogP contribution in [0.3, 0.4) is 0 Å². The molecule has 5 nitrogen and oxygen atoms in total. The van der Waals surface area contributed by atoms with Crippen LogP contribution >= 0.6 is 0 Å². The fraction of sp³-hybridized carbons (Fsp3) is 0.350. The van der Waals surface area contributed by atoms with Crippen molar-refractivity contribution in [1.29, 1.82) is 0 Å². The van der Waals surface area contributed by atoms with E-state index in [1.165, 1.54) is 4.31 Å². The van der Waals surface area contributed by atoms with Gasteiger partial charge in [0.25, 0.3) is 0 Å². The summed E-state index contributed by atoms with van der Waals surface area (Å²) in [4.78, 5) is 12.4. The molecule has 0 aliphatic rings. The second-order valence-corrected chi connectivity index (χ2v) is 8.34. The predicted molar refractivity (Wildman–Crippen MR) is 107 cm³/mol. The van der Waals surface area contributed by atoms with E-state index in [4.69, 9.17) is 0 Å². The van der Waals surface area contributed by atoms with E-state index < -0.39 is 10.0 Å². The Balaban J connectivity index is 2.12. The zero-order valence-electron chi connectivity index (χ0n) is 15.7. The number of benzene rings is 2. The van der Waals surface area contributed by atoms with Crippen molar-refractivity contribution in [2.24, 2.45) is 0 Å². The normalized spacial score (nSPS) is 11.2. The highest BCUT2D eigenvalue weighted by Gasteiger charge is 2.19. The summed E-state index contributed by atoms with van der Waals surface area (Å²) in [6, 6.07) is 13.1. The van der Waals surface area contributed by atoms with E-state index in [0.717, 1.165) is 35.1 Å². The standard InChI is InChI=1S/C20H26N2O3S/c1-5-17-8-6-7-16(3)20(17)21-19(23)13-14-22(26(4,24)25)18-11-9-15(2)10-12-18/h6-12H,5,13-14H2,1-4H3,(H,21,23). The van der Waals surface area contributed by atoms with Gasteiger partial charge in [-0.05, 0) is 43.5 Å². The van der Waals surface area contributed by atoms with Gasteiger partial charge < -0.3 is 5.32 Å². The quantitative estimate of drug-likeness (QED) is 0.804. The minimum atomic E-state index is -3.47. The van der Waals surface area contributed by atoms with Gasteiger partial charge >= 0.3 is 0 Å². The molecule has 0 saturated heterocycles. The smallest absolute Gasteiger partial charge is 0.232 e. The Kier molecular flexibility index (Phi) is 6.42. The molecule has 2 aromatic rings. The molecule has 0 heterocycles. The highest BCUT2D eigenvalue weighted by molar-refractivity contribution is 7.92.